The lowest BCUT2D eigenvalue weighted by atomic mass is 9.77. The van der Waals surface area contributed by atoms with Gasteiger partial charge >= 0.3 is 0 Å². The van der Waals surface area contributed by atoms with Crippen molar-refractivity contribution in [1.82, 2.24) is 10.3 Å². The molecule has 0 amide bonds. The number of hydrogen-bond acceptors (Lipinski definition) is 2. The Morgan fingerprint density at radius 2 is 1.67 bits per heavy atom. The van der Waals surface area contributed by atoms with Crippen molar-refractivity contribution in [1.29, 1.82) is 0 Å². The molecule has 1 aromatic heterocycles. The van der Waals surface area contributed by atoms with Gasteiger partial charge in [-0.1, -0.05) is 30.3 Å². The highest BCUT2D eigenvalue weighted by Crippen LogP contribution is 2.41. The quantitative estimate of drug-likeness (QED) is 0.865. The summed E-state index contributed by atoms with van der Waals surface area (Å²) in [5, 5.41) is 3.50. The molecule has 2 heteroatoms. The maximum Gasteiger partial charge on any atom is 0.0513 e. The average Bonchev–Trinajstić information content (AvgIpc) is 2.72. The molecule has 2 nitrogen and oxygen atoms in total. The number of aromatic nitrogens is 1. The summed E-state index contributed by atoms with van der Waals surface area (Å²) in [6.07, 6.45) is 6.77. The van der Waals surface area contributed by atoms with Crippen LogP contribution in [-0.2, 0) is 12.8 Å². The first-order valence-corrected chi connectivity index (χ1v) is 8.16. The smallest absolute Gasteiger partial charge is 0.0513 e. The molecule has 108 valence electrons. The molecule has 1 saturated heterocycles. The highest BCUT2D eigenvalue weighted by molar-refractivity contribution is 5.42. The van der Waals surface area contributed by atoms with Crippen molar-refractivity contribution < 1.29 is 0 Å². The Morgan fingerprint density at radius 1 is 0.905 bits per heavy atom. The van der Waals surface area contributed by atoms with E-state index in [1.54, 1.807) is 0 Å². The number of benzene rings is 1. The number of piperidine rings is 1. The molecule has 1 N–H and O–H groups in total. The van der Waals surface area contributed by atoms with Crippen LogP contribution in [0, 0.1) is 5.92 Å². The maximum atomic E-state index is 4.81. The molecule has 1 aromatic carbocycles. The number of aryl methyl sites for hydroxylation is 2. The van der Waals surface area contributed by atoms with E-state index in [1.807, 2.05) is 6.20 Å². The van der Waals surface area contributed by atoms with Gasteiger partial charge in [0.2, 0.25) is 0 Å². The zero-order valence-electron chi connectivity index (χ0n) is 12.4. The van der Waals surface area contributed by atoms with Crippen LogP contribution >= 0.6 is 0 Å². The second-order valence-electron chi connectivity index (χ2n) is 6.31. The first kappa shape index (κ1) is 13.0. The Morgan fingerprint density at radius 3 is 2.57 bits per heavy atom. The first-order valence-electron chi connectivity index (χ1n) is 8.16. The molecule has 2 heterocycles. The van der Waals surface area contributed by atoms with E-state index in [4.69, 9.17) is 4.98 Å². The number of rotatable bonds is 1. The van der Waals surface area contributed by atoms with Gasteiger partial charge in [-0.15, -0.1) is 0 Å². The average molecular weight is 278 g/mol. The molecule has 1 fully saturated rings. The Hall–Kier alpha value is -1.67. The Bertz CT molecular complexity index is 581. The van der Waals surface area contributed by atoms with E-state index in [-0.39, 0.29) is 0 Å². The van der Waals surface area contributed by atoms with Gasteiger partial charge in [0, 0.05) is 12.1 Å². The highest BCUT2D eigenvalue weighted by atomic mass is 14.9. The number of nitrogens with zero attached hydrogens (tertiary/aromatic N) is 1. The van der Waals surface area contributed by atoms with Crippen LogP contribution in [-0.4, -0.2) is 18.1 Å². The van der Waals surface area contributed by atoms with Gasteiger partial charge in [-0.05, 0) is 67.4 Å². The third-order valence-electron chi connectivity index (χ3n) is 5.13. The summed E-state index contributed by atoms with van der Waals surface area (Å²) >= 11 is 0. The maximum absolute atomic E-state index is 4.81. The molecule has 21 heavy (non-hydrogen) atoms. The minimum atomic E-state index is 0.488. The van der Waals surface area contributed by atoms with Gasteiger partial charge in [-0.2, -0.15) is 0 Å². The van der Waals surface area contributed by atoms with E-state index >= 15 is 0 Å². The molecule has 0 saturated carbocycles. The van der Waals surface area contributed by atoms with Crippen LogP contribution in [0.4, 0.5) is 0 Å². The summed E-state index contributed by atoms with van der Waals surface area (Å²) in [6, 6.07) is 13.4. The lowest BCUT2D eigenvalue weighted by molar-refractivity contribution is 0.338. The van der Waals surface area contributed by atoms with E-state index in [1.165, 1.54) is 35.2 Å². The largest absolute Gasteiger partial charge is 0.317 e. The fourth-order valence-electron chi connectivity index (χ4n) is 4.08. The normalized spacial score (nSPS) is 22.2. The lowest BCUT2D eigenvalue weighted by Crippen LogP contribution is -2.31. The van der Waals surface area contributed by atoms with Gasteiger partial charge < -0.3 is 5.32 Å². The van der Waals surface area contributed by atoms with Crippen LogP contribution in [0.5, 0.6) is 0 Å². The summed E-state index contributed by atoms with van der Waals surface area (Å²) in [5.41, 5.74) is 5.85. The third kappa shape index (κ3) is 2.38. The van der Waals surface area contributed by atoms with Crippen LogP contribution in [0.3, 0.4) is 0 Å². The van der Waals surface area contributed by atoms with E-state index < -0.39 is 0 Å². The molecule has 1 atom stereocenters. The Kier molecular flexibility index (Phi) is 3.48. The van der Waals surface area contributed by atoms with E-state index in [9.17, 15) is 0 Å². The van der Waals surface area contributed by atoms with Crippen LogP contribution < -0.4 is 5.32 Å². The molecule has 1 aliphatic heterocycles. The van der Waals surface area contributed by atoms with Crippen molar-refractivity contribution in [3.63, 3.8) is 0 Å². The van der Waals surface area contributed by atoms with E-state index in [2.05, 4.69) is 41.7 Å². The molecule has 2 aliphatic rings. The van der Waals surface area contributed by atoms with Crippen molar-refractivity contribution in [2.45, 2.75) is 31.6 Å². The highest BCUT2D eigenvalue weighted by Gasteiger charge is 2.31. The molecule has 1 aliphatic carbocycles. The molecule has 0 spiro atoms. The Labute approximate surface area is 126 Å². The van der Waals surface area contributed by atoms with Crippen molar-refractivity contribution in [2.24, 2.45) is 5.92 Å². The fourth-order valence-corrected chi connectivity index (χ4v) is 4.08. The summed E-state index contributed by atoms with van der Waals surface area (Å²) in [4.78, 5) is 4.81. The monoisotopic (exact) mass is 278 g/mol. The summed E-state index contributed by atoms with van der Waals surface area (Å²) in [6.45, 7) is 2.29. The second-order valence-corrected chi connectivity index (χ2v) is 6.31. The van der Waals surface area contributed by atoms with Gasteiger partial charge in [-0.25, -0.2) is 0 Å². The fraction of sp³-hybridized carbons (Fsp3) is 0.421. The number of pyridine rings is 1. The van der Waals surface area contributed by atoms with Gasteiger partial charge in [0.15, 0.2) is 0 Å². The molecule has 0 bridgehead atoms. The van der Waals surface area contributed by atoms with Crippen molar-refractivity contribution in [3.05, 3.63) is 65.0 Å². The van der Waals surface area contributed by atoms with Crippen LogP contribution in [0.15, 0.2) is 42.6 Å². The standard InChI is InChI=1S/C19H22N2/c1-2-6-17-14(4-1)7-8-16-5-3-11-21-19(16)18(17)15-9-12-20-13-10-15/h1-6,11,15,18,20H,7-10,12-13H2. The Balaban J connectivity index is 1.85. The van der Waals surface area contributed by atoms with Gasteiger partial charge in [0.25, 0.3) is 0 Å². The van der Waals surface area contributed by atoms with Crippen LogP contribution in [0.25, 0.3) is 0 Å². The molecule has 4 rings (SSSR count). The molecule has 1 unspecified atom stereocenters. The van der Waals surface area contributed by atoms with Gasteiger partial charge in [-0.3, -0.25) is 4.98 Å². The molecular formula is C19H22N2. The molecular weight excluding hydrogens is 256 g/mol. The summed E-state index contributed by atoms with van der Waals surface area (Å²) in [5.74, 6) is 1.21. The predicted octanol–water partition coefficient (Wildman–Crippen LogP) is 3.31. The predicted molar refractivity (Wildman–Crippen MR) is 85.5 cm³/mol. The van der Waals surface area contributed by atoms with Crippen LogP contribution in [0.1, 0.15) is 41.1 Å². The van der Waals surface area contributed by atoms with Gasteiger partial charge in [0.1, 0.15) is 0 Å². The minimum absolute atomic E-state index is 0.488. The molecule has 0 radical (unpaired) electrons. The van der Waals surface area contributed by atoms with Gasteiger partial charge in [0.05, 0.1) is 5.69 Å². The van der Waals surface area contributed by atoms with Crippen LogP contribution in [0.2, 0.25) is 0 Å². The first-order chi connectivity index (χ1) is 10.4. The second kappa shape index (κ2) is 5.61. The number of hydrogen-bond donors (Lipinski definition) is 1. The third-order valence-corrected chi connectivity index (χ3v) is 5.13. The zero-order valence-corrected chi connectivity index (χ0v) is 12.4. The van der Waals surface area contributed by atoms with Crippen molar-refractivity contribution in [2.75, 3.05) is 13.1 Å². The zero-order chi connectivity index (χ0) is 14.1. The molecule has 2 aromatic rings. The SMILES string of the molecule is c1ccc2c(c1)CCc1cccnc1C2C1CCNCC1. The minimum Gasteiger partial charge on any atom is -0.317 e. The van der Waals surface area contributed by atoms with E-state index in [0.29, 0.717) is 5.92 Å². The lowest BCUT2D eigenvalue weighted by Gasteiger charge is -2.31. The summed E-state index contributed by atoms with van der Waals surface area (Å²) in [7, 11) is 0. The number of nitrogens with one attached hydrogen (secondary N) is 1. The topological polar surface area (TPSA) is 24.9 Å². The summed E-state index contributed by atoms with van der Waals surface area (Å²) < 4.78 is 0. The number of fused-ring (bicyclic) bond motifs is 2. The van der Waals surface area contributed by atoms with Crippen molar-refractivity contribution in [3.8, 4) is 0 Å². The van der Waals surface area contributed by atoms with E-state index in [0.717, 1.165) is 31.8 Å². The van der Waals surface area contributed by atoms with Crippen molar-refractivity contribution >= 4 is 0 Å².